The minimum atomic E-state index is 0.904. The van der Waals surface area contributed by atoms with Gasteiger partial charge < -0.3 is 0 Å². The van der Waals surface area contributed by atoms with E-state index in [-0.39, 0.29) is 0 Å². The summed E-state index contributed by atoms with van der Waals surface area (Å²) in [6, 6.07) is 18.2. The second kappa shape index (κ2) is 9.21. The van der Waals surface area contributed by atoms with E-state index in [4.69, 9.17) is 0 Å². The van der Waals surface area contributed by atoms with Gasteiger partial charge in [-0.2, -0.15) is 0 Å². The third-order valence-corrected chi connectivity index (χ3v) is 6.02. The molecule has 0 amide bonds. The highest BCUT2D eigenvalue weighted by Crippen LogP contribution is 2.30. The maximum atomic E-state index is 4.31. The van der Waals surface area contributed by atoms with Crippen LogP contribution in [-0.2, 0) is 19.3 Å². The largest absolute Gasteiger partial charge is 0.0995 e. The van der Waals surface area contributed by atoms with Crippen molar-refractivity contribution in [2.45, 2.75) is 65.2 Å². The van der Waals surface area contributed by atoms with Gasteiger partial charge in [-0.05, 0) is 74.0 Å². The second-order valence-corrected chi connectivity index (χ2v) is 8.56. The molecule has 1 fully saturated rings. The second-order valence-electron chi connectivity index (χ2n) is 8.56. The monoisotopic (exact) mass is 346 g/mol. The Kier molecular flexibility index (Phi) is 6.72. The summed E-state index contributed by atoms with van der Waals surface area (Å²) in [6.07, 6.45) is 10.1. The molecule has 0 aromatic heterocycles. The summed E-state index contributed by atoms with van der Waals surface area (Å²) in [5, 5.41) is 0. The predicted molar refractivity (Wildman–Crippen MR) is 114 cm³/mol. The molecule has 0 N–H and O–H groups in total. The molecule has 0 radical (unpaired) electrons. The van der Waals surface area contributed by atoms with E-state index in [0.717, 1.165) is 31.1 Å². The zero-order valence-corrected chi connectivity index (χ0v) is 16.6. The molecule has 0 bridgehead atoms. The van der Waals surface area contributed by atoms with Crippen LogP contribution in [0, 0.1) is 18.8 Å². The van der Waals surface area contributed by atoms with Crippen molar-refractivity contribution in [1.29, 1.82) is 0 Å². The highest BCUT2D eigenvalue weighted by molar-refractivity contribution is 5.27. The number of allylic oxidation sites excluding steroid dienone is 1. The van der Waals surface area contributed by atoms with E-state index >= 15 is 0 Å². The Morgan fingerprint density at radius 2 is 1.42 bits per heavy atom. The standard InChI is InChI=1S/C26H34/c1-20-4-9-23(10-5-20)11-8-22(3)18-24-14-16-26(17-15-24)19-25-12-6-21(2)7-13-25/h4-5,9-10,14-17,21,25H,3,6-8,11-13,18-19H2,1-2H3. The predicted octanol–water partition coefficient (Wildman–Crippen LogP) is 7.10. The lowest BCUT2D eigenvalue weighted by Gasteiger charge is -2.26. The molecular weight excluding hydrogens is 312 g/mol. The molecule has 26 heavy (non-hydrogen) atoms. The molecule has 0 heteroatoms. The van der Waals surface area contributed by atoms with Gasteiger partial charge in [-0.3, -0.25) is 0 Å². The molecule has 0 aliphatic heterocycles. The molecule has 2 aromatic carbocycles. The van der Waals surface area contributed by atoms with Crippen LogP contribution in [0.4, 0.5) is 0 Å². The number of benzene rings is 2. The van der Waals surface area contributed by atoms with E-state index in [1.54, 1.807) is 0 Å². The molecule has 0 atom stereocenters. The summed E-state index contributed by atoms with van der Waals surface area (Å²) >= 11 is 0. The molecule has 1 saturated carbocycles. The van der Waals surface area contributed by atoms with Crippen molar-refractivity contribution in [3.8, 4) is 0 Å². The van der Waals surface area contributed by atoms with Crippen LogP contribution in [0.25, 0.3) is 0 Å². The van der Waals surface area contributed by atoms with Crippen LogP contribution in [-0.4, -0.2) is 0 Å². The molecule has 138 valence electrons. The Morgan fingerprint density at radius 3 is 2.08 bits per heavy atom. The van der Waals surface area contributed by atoms with Crippen molar-refractivity contribution < 1.29 is 0 Å². The van der Waals surface area contributed by atoms with E-state index in [2.05, 4.69) is 69.0 Å². The zero-order chi connectivity index (χ0) is 18.4. The van der Waals surface area contributed by atoms with Gasteiger partial charge in [0.05, 0.1) is 0 Å². The number of aryl methyl sites for hydroxylation is 2. The van der Waals surface area contributed by atoms with Crippen molar-refractivity contribution >= 4 is 0 Å². The van der Waals surface area contributed by atoms with Gasteiger partial charge in [-0.25, -0.2) is 0 Å². The lowest BCUT2D eigenvalue weighted by atomic mass is 9.80. The van der Waals surface area contributed by atoms with E-state index in [9.17, 15) is 0 Å². The van der Waals surface area contributed by atoms with Crippen molar-refractivity contribution in [2.75, 3.05) is 0 Å². The Morgan fingerprint density at radius 1 is 0.846 bits per heavy atom. The highest BCUT2D eigenvalue weighted by Gasteiger charge is 2.18. The van der Waals surface area contributed by atoms with Gasteiger partial charge >= 0.3 is 0 Å². The van der Waals surface area contributed by atoms with Crippen LogP contribution < -0.4 is 0 Å². The molecule has 0 heterocycles. The first-order chi connectivity index (χ1) is 12.6. The molecule has 3 rings (SSSR count). The highest BCUT2D eigenvalue weighted by atomic mass is 14.2. The quantitative estimate of drug-likeness (QED) is 0.469. The minimum Gasteiger partial charge on any atom is -0.0995 e. The fourth-order valence-corrected chi connectivity index (χ4v) is 4.11. The van der Waals surface area contributed by atoms with Gasteiger partial charge in [-0.15, -0.1) is 0 Å². The summed E-state index contributed by atoms with van der Waals surface area (Å²) in [7, 11) is 0. The zero-order valence-electron chi connectivity index (χ0n) is 16.6. The van der Waals surface area contributed by atoms with Crippen LogP contribution in [0.15, 0.2) is 60.7 Å². The Balaban J connectivity index is 1.44. The average Bonchev–Trinajstić information content (AvgIpc) is 2.65. The summed E-state index contributed by atoms with van der Waals surface area (Å²) < 4.78 is 0. The van der Waals surface area contributed by atoms with Crippen LogP contribution in [0.3, 0.4) is 0 Å². The number of hydrogen-bond donors (Lipinski definition) is 0. The van der Waals surface area contributed by atoms with Gasteiger partial charge in [0.2, 0.25) is 0 Å². The van der Waals surface area contributed by atoms with E-state index in [1.807, 2.05) is 0 Å². The topological polar surface area (TPSA) is 0 Å². The van der Waals surface area contributed by atoms with E-state index < -0.39 is 0 Å². The summed E-state index contributed by atoms with van der Waals surface area (Å²) in [6.45, 7) is 8.85. The van der Waals surface area contributed by atoms with Gasteiger partial charge in [0, 0.05) is 0 Å². The first-order valence-corrected chi connectivity index (χ1v) is 10.4. The lowest BCUT2D eigenvalue weighted by Crippen LogP contribution is -2.14. The summed E-state index contributed by atoms with van der Waals surface area (Å²) in [5.41, 5.74) is 6.99. The lowest BCUT2D eigenvalue weighted by molar-refractivity contribution is 0.289. The van der Waals surface area contributed by atoms with Gasteiger partial charge in [-0.1, -0.05) is 86.0 Å². The maximum absolute atomic E-state index is 4.31. The molecular formula is C26H34. The van der Waals surface area contributed by atoms with Crippen molar-refractivity contribution in [2.24, 2.45) is 11.8 Å². The van der Waals surface area contributed by atoms with Crippen LogP contribution in [0.2, 0.25) is 0 Å². The number of hydrogen-bond acceptors (Lipinski definition) is 0. The van der Waals surface area contributed by atoms with E-state index in [1.165, 1.54) is 59.9 Å². The van der Waals surface area contributed by atoms with Crippen LogP contribution >= 0.6 is 0 Å². The fourth-order valence-electron chi connectivity index (χ4n) is 4.11. The molecule has 1 aliphatic carbocycles. The summed E-state index contributed by atoms with van der Waals surface area (Å²) in [4.78, 5) is 0. The SMILES string of the molecule is C=C(CCc1ccc(C)cc1)Cc1ccc(CC2CCC(C)CC2)cc1. The fraction of sp³-hybridized carbons (Fsp3) is 0.462. The van der Waals surface area contributed by atoms with Crippen molar-refractivity contribution in [3.63, 3.8) is 0 Å². The van der Waals surface area contributed by atoms with Crippen molar-refractivity contribution in [3.05, 3.63) is 82.9 Å². The van der Waals surface area contributed by atoms with E-state index in [0.29, 0.717) is 0 Å². The molecule has 2 aromatic rings. The van der Waals surface area contributed by atoms with Gasteiger partial charge in [0.25, 0.3) is 0 Å². The Bertz CT molecular complexity index is 682. The smallest absolute Gasteiger partial charge is 0.00697 e. The normalized spacial score (nSPS) is 20.1. The average molecular weight is 347 g/mol. The van der Waals surface area contributed by atoms with Crippen LogP contribution in [0.5, 0.6) is 0 Å². The first kappa shape index (κ1) is 19.0. The van der Waals surface area contributed by atoms with Gasteiger partial charge in [0.15, 0.2) is 0 Å². The molecule has 0 nitrogen and oxygen atoms in total. The van der Waals surface area contributed by atoms with Crippen LogP contribution in [0.1, 0.15) is 61.3 Å². The maximum Gasteiger partial charge on any atom is -0.00697 e. The third-order valence-electron chi connectivity index (χ3n) is 6.02. The molecule has 1 aliphatic rings. The third kappa shape index (κ3) is 5.87. The summed E-state index contributed by atoms with van der Waals surface area (Å²) in [5.74, 6) is 1.85. The first-order valence-electron chi connectivity index (χ1n) is 10.4. The minimum absolute atomic E-state index is 0.904. The Hall–Kier alpha value is -1.82. The molecule has 0 spiro atoms. The van der Waals surface area contributed by atoms with Crippen molar-refractivity contribution in [1.82, 2.24) is 0 Å². The molecule has 0 unspecified atom stereocenters. The Labute approximate surface area is 160 Å². The number of rotatable bonds is 7. The molecule has 0 saturated heterocycles. The van der Waals surface area contributed by atoms with Gasteiger partial charge in [0.1, 0.15) is 0 Å².